The van der Waals surface area contributed by atoms with Crippen LogP contribution in [0.4, 0.5) is 11.4 Å². The first-order valence-electron chi connectivity index (χ1n) is 19.0. The summed E-state index contributed by atoms with van der Waals surface area (Å²) in [5.41, 5.74) is 15.1. The second-order valence-electron chi connectivity index (χ2n) is 15.6. The van der Waals surface area contributed by atoms with E-state index in [2.05, 4.69) is 208 Å². The number of anilines is 2. The Balaban J connectivity index is 1.02. The summed E-state index contributed by atoms with van der Waals surface area (Å²) in [5, 5.41) is 2.69. The number of fused-ring (bicyclic) bond motifs is 5. The molecule has 0 aliphatic heterocycles. The standard InChI is InChI=1S/C52H41NS/c1-51(2)47-33-40(39-23-29-50-46(32-39)45-16-10-11-17-49(45)54-50)22-28-43(47)44-30-31-52(3,34-48(44)51)53(41-24-18-37(19-25-41)35-12-6-4-7-13-35)42-26-20-38(21-27-42)36-14-8-5-9-15-36/h4-33H,34H2,1-3H3. The van der Waals surface area contributed by atoms with Crippen LogP contribution in [-0.2, 0) is 5.41 Å². The number of hydrogen-bond acceptors (Lipinski definition) is 2. The van der Waals surface area contributed by atoms with Gasteiger partial charge in [-0.15, -0.1) is 11.3 Å². The molecule has 1 heterocycles. The van der Waals surface area contributed by atoms with E-state index in [1.165, 1.54) is 87.2 Å². The van der Waals surface area contributed by atoms with Crippen molar-refractivity contribution >= 4 is 48.5 Å². The maximum Gasteiger partial charge on any atom is 0.0646 e. The molecule has 2 heteroatoms. The third-order valence-electron chi connectivity index (χ3n) is 11.9. The molecule has 0 saturated carbocycles. The normalized spacial score (nSPS) is 17.2. The molecule has 10 rings (SSSR count). The fraction of sp³-hybridized carbons (Fsp3) is 0.115. The summed E-state index contributed by atoms with van der Waals surface area (Å²) in [4.78, 5) is 2.56. The van der Waals surface area contributed by atoms with E-state index in [0.29, 0.717) is 0 Å². The quantitative estimate of drug-likeness (QED) is 0.166. The van der Waals surface area contributed by atoms with Gasteiger partial charge >= 0.3 is 0 Å². The number of hydrogen-bond donors (Lipinski definition) is 0. The lowest BCUT2D eigenvalue weighted by molar-refractivity contribution is 0.501. The zero-order valence-corrected chi connectivity index (χ0v) is 31.7. The van der Waals surface area contributed by atoms with Crippen LogP contribution in [0.2, 0.25) is 0 Å². The average Bonchev–Trinajstić information content (AvgIpc) is 3.70. The van der Waals surface area contributed by atoms with Gasteiger partial charge in [0.1, 0.15) is 0 Å². The Bertz CT molecular complexity index is 2670. The van der Waals surface area contributed by atoms with Crippen molar-refractivity contribution in [3.05, 3.63) is 199 Å². The Kier molecular flexibility index (Phi) is 7.61. The summed E-state index contributed by atoms with van der Waals surface area (Å²) < 4.78 is 2.69. The average molecular weight is 712 g/mol. The van der Waals surface area contributed by atoms with Crippen LogP contribution in [0.3, 0.4) is 0 Å². The Morgan fingerprint density at radius 1 is 0.481 bits per heavy atom. The van der Waals surface area contributed by atoms with Crippen LogP contribution in [0, 0.1) is 0 Å². The maximum absolute atomic E-state index is 2.56. The molecule has 0 N–H and O–H groups in total. The molecule has 1 nitrogen and oxygen atoms in total. The predicted octanol–water partition coefficient (Wildman–Crippen LogP) is 14.7. The molecule has 8 aromatic rings. The molecule has 7 aromatic carbocycles. The largest absolute Gasteiger partial charge is 0.332 e. The minimum absolute atomic E-state index is 0.119. The molecular weight excluding hydrogens is 671 g/mol. The molecule has 54 heavy (non-hydrogen) atoms. The molecule has 0 amide bonds. The molecule has 0 radical (unpaired) electrons. The van der Waals surface area contributed by atoms with Crippen LogP contribution in [0.15, 0.2) is 188 Å². The van der Waals surface area contributed by atoms with Gasteiger partial charge in [-0.3, -0.25) is 0 Å². The van der Waals surface area contributed by atoms with Crippen molar-refractivity contribution in [1.29, 1.82) is 0 Å². The first-order chi connectivity index (χ1) is 26.4. The van der Waals surface area contributed by atoms with Gasteiger partial charge in [-0.2, -0.15) is 0 Å². The van der Waals surface area contributed by atoms with E-state index in [9.17, 15) is 0 Å². The SMILES string of the molecule is CC1(C)C2=C(C=CC(C)(N(c3ccc(-c4ccccc4)cc3)c3ccc(-c4ccccc4)cc3)C2)c2ccc(-c3ccc4sc5ccccc5c4c3)cc21. The molecule has 0 spiro atoms. The van der Waals surface area contributed by atoms with Gasteiger partial charge in [-0.05, 0) is 118 Å². The Hall–Kier alpha value is -5.96. The van der Waals surface area contributed by atoms with E-state index in [1.807, 2.05) is 11.3 Å². The number of rotatable bonds is 6. The van der Waals surface area contributed by atoms with Crippen LogP contribution in [0.5, 0.6) is 0 Å². The van der Waals surface area contributed by atoms with Crippen LogP contribution in [0.25, 0.3) is 59.1 Å². The lowest BCUT2D eigenvalue weighted by Crippen LogP contribution is -2.44. The fourth-order valence-corrected chi connectivity index (χ4v) is 10.1. The molecular formula is C52H41NS. The summed E-state index contributed by atoms with van der Waals surface area (Å²) >= 11 is 1.88. The molecule has 1 atom stereocenters. The number of thiophene rings is 1. The van der Waals surface area contributed by atoms with Crippen LogP contribution in [0.1, 0.15) is 38.3 Å². The van der Waals surface area contributed by atoms with Gasteiger partial charge in [0.15, 0.2) is 0 Å². The molecule has 1 aromatic heterocycles. The van der Waals surface area contributed by atoms with E-state index in [1.54, 1.807) is 0 Å². The van der Waals surface area contributed by atoms with Crippen molar-refractivity contribution in [1.82, 2.24) is 0 Å². The Labute approximate surface area is 322 Å². The zero-order chi connectivity index (χ0) is 36.4. The summed E-state index contributed by atoms with van der Waals surface area (Å²) in [6.07, 6.45) is 5.79. The Morgan fingerprint density at radius 2 is 1.00 bits per heavy atom. The van der Waals surface area contributed by atoms with E-state index in [-0.39, 0.29) is 11.0 Å². The van der Waals surface area contributed by atoms with Crippen LogP contribution in [-0.4, -0.2) is 5.54 Å². The van der Waals surface area contributed by atoms with Gasteiger partial charge in [0.05, 0.1) is 5.54 Å². The number of nitrogens with zero attached hydrogens (tertiary/aromatic N) is 1. The molecule has 260 valence electrons. The molecule has 0 fully saturated rings. The highest BCUT2D eigenvalue weighted by Crippen LogP contribution is 2.54. The first kappa shape index (κ1) is 32.7. The van der Waals surface area contributed by atoms with Gasteiger partial charge in [-0.25, -0.2) is 0 Å². The molecule has 2 aliphatic carbocycles. The van der Waals surface area contributed by atoms with E-state index < -0.39 is 0 Å². The van der Waals surface area contributed by atoms with Crippen LogP contribution >= 0.6 is 11.3 Å². The predicted molar refractivity (Wildman–Crippen MR) is 233 cm³/mol. The van der Waals surface area contributed by atoms with Gasteiger partial charge in [0.25, 0.3) is 0 Å². The smallest absolute Gasteiger partial charge is 0.0646 e. The second kappa shape index (κ2) is 12.6. The lowest BCUT2D eigenvalue weighted by atomic mass is 9.73. The summed E-state index contributed by atoms with van der Waals surface area (Å²) in [6.45, 7) is 7.27. The van der Waals surface area contributed by atoms with Crippen molar-refractivity contribution < 1.29 is 0 Å². The Morgan fingerprint density at radius 3 is 1.65 bits per heavy atom. The number of allylic oxidation sites excluding steroid dienone is 2. The van der Waals surface area contributed by atoms with E-state index >= 15 is 0 Å². The molecule has 2 aliphatic rings. The third kappa shape index (κ3) is 5.36. The van der Waals surface area contributed by atoms with Crippen molar-refractivity contribution in [3.63, 3.8) is 0 Å². The summed E-state index contributed by atoms with van der Waals surface area (Å²) in [7, 11) is 0. The van der Waals surface area contributed by atoms with Gasteiger partial charge in [0.2, 0.25) is 0 Å². The maximum atomic E-state index is 2.56. The van der Waals surface area contributed by atoms with E-state index in [0.717, 1.165) is 6.42 Å². The van der Waals surface area contributed by atoms with E-state index in [4.69, 9.17) is 0 Å². The minimum Gasteiger partial charge on any atom is -0.332 e. The first-order valence-corrected chi connectivity index (χ1v) is 19.8. The minimum atomic E-state index is -0.297. The highest BCUT2D eigenvalue weighted by Gasteiger charge is 2.44. The molecule has 0 bridgehead atoms. The third-order valence-corrected chi connectivity index (χ3v) is 13.0. The highest BCUT2D eigenvalue weighted by molar-refractivity contribution is 7.25. The zero-order valence-electron chi connectivity index (χ0n) is 30.9. The molecule has 1 unspecified atom stereocenters. The van der Waals surface area contributed by atoms with Gasteiger partial charge in [0, 0.05) is 37.0 Å². The van der Waals surface area contributed by atoms with Gasteiger partial charge in [-0.1, -0.05) is 147 Å². The highest BCUT2D eigenvalue weighted by atomic mass is 32.1. The second-order valence-corrected chi connectivity index (χ2v) is 16.7. The van der Waals surface area contributed by atoms with Crippen LogP contribution < -0.4 is 4.90 Å². The van der Waals surface area contributed by atoms with Gasteiger partial charge < -0.3 is 4.90 Å². The molecule has 0 saturated heterocycles. The summed E-state index contributed by atoms with van der Waals surface area (Å²) in [5.74, 6) is 0. The van der Waals surface area contributed by atoms with Crippen molar-refractivity contribution in [2.75, 3.05) is 4.90 Å². The topological polar surface area (TPSA) is 3.24 Å². The lowest BCUT2D eigenvalue weighted by Gasteiger charge is -2.45. The van der Waals surface area contributed by atoms with Crippen molar-refractivity contribution in [2.45, 2.75) is 38.1 Å². The monoisotopic (exact) mass is 711 g/mol. The van der Waals surface area contributed by atoms with Crippen molar-refractivity contribution in [2.24, 2.45) is 0 Å². The number of benzene rings is 7. The summed E-state index contributed by atoms with van der Waals surface area (Å²) in [6, 6.07) is 62.5. The van der Waals surface area contributed by atoms with Crippen molar-refractivity contribution in [3.8, 4) is 33.4 Å². The fourth-order valence-electron chi connectivity index (χ4n) is 8.99.